The molecular weight excluding hydrogens is 288 g/mol. The van der Waals surface area contributed by atoms with E-state index in [2.05, 4.69) is 12.1 Å². The number of rotatable bonds is 3. The van der Waals surface area contributed by atoms with Gasteiger partial charge in [-0.05, 0) is 43.0 Å². The van der Waals surface area contributed by atoms with Gasteiger partial charge in [-0.2, -0.15) is 5.26 Å². The summed E-state index contributed by atoms with van der Waals surface area (Å²) in [5.41, 5.74) is 3.77. The van der Waals surface area contributed by atoms with Gasteiger partial charge in [-0.1, -0.05) is 30.3 Å². The van der Waals surface area contributed by atoms with Gasteiger partial charge in [0.25, 0.3) is 5.91 Å². The van der Waals surface area contributed by atoms with Gasteiger partial charge in [-0.15, -0.1) is 0 Å². The number of para-hydroxylation sites is 2. The smallest absolute Gasteiger partial charge is 0.264 e. The maximum absolute atomic E-state index is 12.6. The molecule has 3 rings (SSSR count). The molecule has 0 saturated carbocycles. The molecule has 116 valence electrons. The van der Waals surface area contributed by atoms with E-state index >= 15 is 0 Å². The normalized spacial score (nSPS) is 13.1. The monoisotopic (exact) mass is 306 g/mol. The van der Waals surface area contributed by atoms with Gasteiger partial charge in [0.1, 0.15) is 11.8 Å². The molecular formula is C19H18N2O2. The molecule has 0 aromatic heterocycles. The summed E-state index contributed by atoms with van der Waals surface area (Å²) in [4.78, 5) is 14.4. The summed E-state index contributed by atoms with van der Waals surface area (Å²) >= 11 is 0. The van der Waals surface area contributed by atoms with Crippen molar-refractivity contribution in [2.24, 2.45) is 0 Å². The fourth-order valence-electron chi connectivity index (χ4n) is 3.00. The van der Waals surface area contributed by atoms with E-state index in [1.54, 1.807) is 24.3 Å². The van der Waals surface area contributed by atoms with Gasteiger partial charge >= 0.3 is 0 Å². The van der Waals surface area contributed by atoms with Gasteiger partial charge in [0.05, 0.1) is 5.56 Å². The Morgan fingerprint density at radius 2 is 2.09 bits per heavy atom. The van der Waals surface area contributed by atoms with E-state index in [9.17, 15) is 4.79 Å². The van der Waals surface area contributed by atoms with Crippen LogP contribution in [-0.2, 0) is 11.2 Å². The quantitative estimate of drug-likeness (QED) is 0.875. The van der Waals surface area contributed by atoms with Gasteiger partial charge < -0.3 is 9.64 Å². The van der Waals surface area contributed by atoms with Crippen LogP contribution in [0, 0.1) is 18.3 Å². The largest absolute Gasteiger partial charge is 0.482 e. The highest BCUT2D eigenvalue weighted by Crippen LogP contribution is 2.30. The third-order valence-electron chi connectivity index (χ3n) is 4.08. The lowest BCUT2D eigenvalue weighted by Gasteiger charge is -2.31. The second-order valence-electron chi connectivity index (χ2n) is 5.63. The molecule has 0 spiro atoms. The van der Waals surface area contributed by atoms with E-state index < -0.39 is 0 Å². The molecule has 0 N–H and O–H groups in total. The zero-order chi connectivity index (χ0) is 16.2. The van der Waals surface area contributed by atoms with Crippen LogP contribution in [0.25, 0.3) is 0 Å². The van der Waals surface area contributed by atoms with Gasteiger partial charge in [0.2, 0.25) is 0 Å². The SMILES string of the molecule is Cc1cccc2c1N(C(=O)COc1ccccc1C#N)CCC2. The first-order chi connectivity index (χ1) is 11.2. The van der Waals surface area contributed by atoms with Crippen LogP contribution >= 0.6 is 0 Å². The molecule has 23 heavy (non-hydrogen) atoms. The molecule has 1 aliphatic rings. The van der Waals surface area contributed by atoms with Crippen LogP contribution in [-0.4, -0.2) is 19.1 Å². The van der Waals surface area contributed by atoms with Crippen molar-refractivity contribution in [3.05, 3.63) is 59.2 Å². The van der Waals surface area contributed by atoms with Crippen LogP contribution in [0.2, 0.25) is 0 Å². The minimum absolute atomic E-state index is 0.0630. The van der Waals surface area contributed by atoms with Gasteiger partial charge in [0.15, 0.2) is 6.61 Å². The van der Waals surface area contributed by atoms with Crippen LogP contribution in [0.3, 0.4) is 0 Å². The summed E-state index contributed by atoms with van der Waals surface area (Å²) in [5, 5.41) is 9.07. The minimum atomic E-state index is -0.0759. The molecule has 2 aromatic rings. The maximum Gasteiger partial charge on any atom is 0.264 e. The number of benzene rings is 2. The Morgan fingerprint density at radius 1 is 1.26 bits per heavy atom. The molecule has 0 aliphatic carbocycles. The molecule has 0 unspecified atom stereocenters. The molecule has 0 saturated heterocycles. The summed E-state index contributed by atoms with van der Waals surface area (Å²) in [6, 6.07) is 15.2. The molecule has 1 aliphatic heterocycles. The maximum atomic E-state index is 12.6. The summed E-state index contributed by atoms with van der Waals surface area (Å²) < 4.78 is 5.58. The van der Waals surface area contributed by atoms with E-state index in [-0.39, 0.29) is 12.5 Å². The second-order valence-corrected chi connectivity index (χ2v) is 5.63. The number of anilines is 1. The predicted octanol–water partition coefficient (Wildman–Crippen LogP) is 3.22. The number of ether oxygens (including phenoxy) is 1. The van der Waals surface area contributed by atoms with E-state index in [0.29, 0.717) is 17.9 Å². The number of hydrogen-bond donors (Lipinski definition) is 0. The van der Waals surface area contributed by atoms with Crippen molar-refractivity contribution in [2.45, 2.75) is 19.8 Å². The van der Waals surface area contributed by atoms with E-state index in [4.69, 9.17) is 10.00 Å². The number of carbonyl (C=O) groups excluding carboxylic acids is 1. The summed E-state index contributed by atoms with van der Waals surface area (Å²) in [7, 11) is 0. The molecule has 4 nitrogen and oxygen atoms in total. The standard InChI is InChI=1S/C19H18N2O2/c1-14-6-4-8-15-9-5-11-21(19(14)15)18(22)13-23-17-10-3-2-7-16(17)12-20/h2-4,6-8,10H,5,9,11,13H2,1H3. The Bertz CT molecular complexity index is 777. The Balaban J connectivity index is 1.77. The molecule has 0 atom stereocenters. The van der Waals surface area contributed by atoms with E-state index in [1.807, 2.05) is 24.0 Å². The molecule has 0 fully saturated rings. The molecule has 1 heterocycles. The molecule has 1 amide bonds. The van der Waals surface area contributed by atoms with Gasteiger partial charge in [-0.25, -0.2) is 0 Å². The Labute approximate surface area is 135 Å². The van der Waals surface area contributed by atoms with Gasteiger partial charge in [0, 0.05) is 12.2 Å². The van der Waals surface area contributed by atoms with Crippen LogP contribution in [0.4, 0.5) is 5.69 Å². The Hall–Kier alpha value is -2.80. The van der Waals surface area contributed by atoms with E-state index in [0.717, 1.165) is 24.1 Å². The average Bonchev–Trinajstić information content (AvgIpc) is 2.59. The molecule has 0 bridgehead atoms. The lowest BCUT2D eigenvalue weighted by molar-refractivity contribution is -0.120. The number of aryl methyl sites for hydroxylation is 2. The van der Waals surface area contributed by atoms with Crippen LogP contribution in [0.5, 0.6) is 5.75 Å². The van der Waals surface area contributed by atoms with E-state index in [1.165, 1.54) is 5.56 Å². The predicted molar refractivity (Wildman–Crippen MR) is 88.5 cm³/mol. The van der Waals surface area contributed by atoms with Crippen molar-refractivity contribution in [2.75, 3.05) is 18.1 Å². The number of amides is 1. The zero-order valence-corrected chi connectivity index (χ0v) is 13.1. The topological polar surface area (TPSA) is 53.3 Å². The fourth-order valence-corrected chi connectivity index (χ4v) is 3.00. The minimum Gasteiger partial charge on any atom is -0.482 e. The Kier molecular flexibility index (Phi) is 4.29. The number of carbonyl (C=O) groups is 1. The van der Waals surface area contributed by atoms with Crippen LogP contribution in [0.1, 0.15) is 23.1 Å². The number of hydrogen-bond acceptors (Lipinski definition) is 3. The van der Waals surface area contributed by atoms with Crippen molar-refractivity contribution in [3.63, 3.8) is 0 Å². The first-order valence-corrected chi connectivity index (χ1v) is 7.71. The van der Waals surface area contributed by atoms with Crippen molar-refractivity contribution in [3.8, 4) is 11.8 Å². The molecule has 0 radical (unpaired) electrons. The highest BCUT2D eigenvalue weighted by molar-refractivity contribution is 5.96. The highest BCUT2D eigenvalue weighted by atomic mass is 16.5. The van der Waals surface area contributed by atoms with Crippen LogP contribution < -0.4 is 9.64 Å². The number of fused-ring (bicyclic) bond motifs is 1. The second kappa shape index (κ2) is 6.53. The first kappa shape index (κ1) is 15.1. The summed E-state index contributed by atoms with van der Waals surface area (Å²) in [6.45, 7) is 2.67. The third kappa shape index (κ3) is 3.04. The average molecular weight is 306 g/mol. The van der Waals surface area contributed by atoms with Crippen molar-refractivity contribution >= 4 is 11.6 Å². The van der Waals surface area contributed by atoms with Crippen molar-refractivity contribution < 1.29 is 9.53 Å². The van der Waals surface area contributed by atoms with Crippen LogP contribution in [0.15, 0.2) is 42.5 Å². The zero-order valence-electron chi connectivity index (χ0n) is 13.1. The summed E-state index contributed by atoms with van der Waals surface area (Å²) in [6.07, 6.45) is 1.95. The molecule has 4 heteroatoms. The first-order valence-electron chi connectivity index (χ1n) is 7.71. The lowest BCUT2D eigenvalue weighted by atomic mass is 9.98. The Morgan fingerprint density at radius 3 is 2.91 bits per heavy atom. The molecule has 2 aromatic carbocycles. The van der Waals surface area contributed by atoms with Gasteiger partial charge in [-0.3, -0.25) is 4.79 Å². The highest BCUT2D eigenvalue weighted by Gasteiger charge is 2.24. The fraction of sp³-hybridized carbons (Fsp3) is 0.263. The lowest BCUT2D eigenvalue weighted by Crippen LogP contribution is -2.39. The number of nitrogens with zero attached hydrogens (tertiary/aromatic N) is 2. The van der Waals surface area contributed by atoms with Crippen molar-refractivity contribution in [1.29, 1.82) is 5.26 Å². The van der Waals surface area contributed by atoms with Crippen molar-refractivity contribution in [1.82, 2.24) is 0 Å². The number of nitriles is 1. The third-order valence-corrected chi connectivity index (χ3v) is 4.08. The summed E-state index contributed by atoms with van der Waals surface area (Å²) in [5.74, 6) is 0.373.